The minimum atomic E-state index is -0.976. The molecule has 1 heterocycles. The molecule has 0 saturated heterocycles. The summed E-state index contributed by atoms with van der Waals surface area (Å²) in [5.41, 5.74) is 5.40. The van der Waals surface area contributed by atoms with Crippen LogP contribution in [0.15, 0.2) is 22.6 Å². The quantitative estimate of drug-likeness (QED) is 0.567. The number of anilines is 1. The van der Waals surface area contributed by atoms with E-state index in [2.05, 4.69) is 5.32 Å². The maximum absolute atomic E-state index is 13.3. The molecule has 0 bridgehead atoms. The number of halogens is 2. The lowest BCUT2D eigenvalue weighted by Crippen LogP contribution is -2.86. The lowest BCUT2D eigenvalue weighted by molar-refractivity contribution is -0.682. The number of aryl methyl sites for hydroxylation is 1. The molecule has 0 fully saturated rings. The van der Waals surface area contributed by atoms with Crippen LogP contribution in [0.1, 0.15) is 51.9 Å². The summed E-state index contributed by atoms with van der Waals surface area (Å²) in [5.74, 6) is -4.41. The van der Waals surface area contributed by atoms with Crippen LogP contribution in [-0.2, 0) is 9.53 Å². The highest BCUT2D eigenvalue weighted by Crippen LogP contribution is 2.27. The normalized spacial score (nSPS) is 11.8. The summed E-state index contributed by atoms with van der Waals surface area (Å²) < 4.78 is 36.6. The highest BCUT2D eigenvalue weighted by atomic mass is 19.2. The van der Waals surface area contributed by atoms with Crippen LogP contribution >= 0.6 is 0 Å². The van der Waals surface area contributed by atoms with E-state index in [9.17, 15) is 23.2 Å². The zero-order valence-electron chi connectivity index (χ0n) is 16.2. The molecule has 8 nitrogen and oxygen atoms in total. The molecular weight excluding hydrogens is 388 g/mol. The van der Waals surface area contributed by atoms with E-state index >= 15 is 0 Å². The van der Waals surface area contributed by atoms with Crippen molar-refractivity contribution in [2.24, 2.45) is 5.73 Å². The Bertz CT molecular complexity index is 942. The van der Waals surface area contributed by atoms with E-state index in [1.165, 1.54) is 13.0 Å². The first-order chi connectivity index (χ1) is 13.6. The summed E-state index contributed by atoms with van der Waals surface area (Å²) >= 11 is 0. The van der Waals surface area contributed by atoms with Crippen LogP contribution in [0, 0.1) is 18.6 Å². The van der Waals surface area contributed by atoms with E-state index in [1.54, 1.807) is 19.2 Å². The number of benzene rings is 1. The van der Waals surface area contributed by atoms with Gasteiger partial charge in [0.15, 0.2) is 18.2 Å². The lowest BCUT2D eigenvalue weighted by Gasteiger charge is -2.11. The van der Waals surface area contributed by atoms with Gasteiger partial charge in [0.2, 0.25) is 5.88 Å². The first-order valence-corrected chi connectivity index (χ1v) is 8.84. The van der Waals surface area contributed by atoms with E-state index in [-0.39, 0.29) is 42.0 Å². The Kier molecular flexibility index (Phi) is 7.05. The number of carbonyl (C=O) groups is 3. The number of ether oxygens (including phenoxy) is 1. The van der Waals surface area contributed by atoms with Crippen LogP contribution in [0.5, 0.6) is 0 Å². The summed E-state index contributed by atoms with van der Waals surface area (Å²) in [4.78, 5) is 36.1. The second-order valence-electron chi connectivity index (χ2n) is 6.27. The molecule has 2 rings (SSSR count). The van der Waals surface area contributed by atoms with Crippen molar-refractivity contribution < 1.29 is 37.6 Å². The molecule has 0 saturated carbocycles. The average molecular weight is 410 g/mol. The predicted molar refractivity (Wildman–Crippen MR) is 98.1 cm³/mol. The van der Waals surface area contributed by atoms with Gasteiger partial charge >= 0.3 is 5.97 Å². The molecule has 0 radical (unpaired) electrons. The molecule has 5 N–H and O–H groups in total. The molecule has 1 aromatic carbocycles. The number of furan rings is 1. The molecule has 0 spiro atoms. The molecule has 0 unspecified atom stereocenters. The Morgan fingerprint density at radius 2 is 1.93 bits per heavy atom. The Morgan fingerprint density at radius 1 is 1.24 bits per heavy atom. The average Bonchev–Trinajstić information content (AvgIpc) is 2.98. The Balaban J connectivity index is 2.10. The first-order valence-electron chi connectivity index (χ1n) is 8.84. The summed E-state index contributed by atoms with van der Waals surface area (Å²) in [6.07, 6.45) is 0. The fourth-order valence-corrected chi connectivity index (χ4v) is 2.71. The van der Waals surface area contributed by atoms with Gasteiger partial charge in [0.1, 0.15) is 22.9 Å². The van der Waals surface area contributed by atoms with Crippen molar-refractivity contribution in [3.05, 3.63) is 52.3 Å². The number of quaternary nitrogens is 1. The van der Waals surface area contributed by atoms with Gasteiger partial charge in [0, 0.05) is 5.56 Å². The minimum Gasteiger partial charge on any atom is -0.462 e. The maximum Gasteiger partial charge on any atom is 0.342 e. The van der Waals surface area contributed by atoms with Gasteiger partial charge in [-0.1, -0.05) is 0 Å². The number of carbonyl (C=O) groups excluding carboxylic acids is 3. The third-order valence-electron chi connectivity index (χ3n) is 4.19. The van der Waals surface area contributed by atoms with E-state index in [0.717, 1.165) is 12.1 Å². The van der Waals surface area contributed by atoms with E-state index < -0.39 is 29.4 Å². The molecule has 2 amide bonds. The number of rotatable bonds is 8. The topological polar surface area (TPSA) is 128 Å². The smallest absolute Gasteiger partial charge is 0.342 e. The van der Waals surface area contributed by atoms with E-state index in [1.807, 2.05) is 0 Å². The molecule has 0 aliphatic heterocycles. The minimum absolute atomic E-state index is 0.0756. The van der Waals surface area contributed by atoms with Crippen molar-refractivity contribution in [3.63, 3.8) is 0 Å². The second-order valence-corrected chi connectivity index (χ2v) is 6.27. The summed E-state index contributed by atoms with van der Waals surface area (Å²) in [5, 5.41) is 3.98. The highest BCUT2D eigenvalue weighted by molar-refractivity contribution is 6.10. The number of esters is 1. The molecule has 0 aliphatic rings. The van der Waals surface area contributed by atoms with Gasteiger partial charge in [-0.05, 0) is 39.0 Å². The Hall–Kier alpha value is -3.27. The molecular formula is C19H22F2N3O5+. The van der Waals surface area contributed by atoms with E-state index in [4.69, 9.17) is 14.9 Å². The number of hydrogen-bond acceptors (Lipinski definition) is 5. The highest BCUT2D eigenvalue weighted by Gasteiger charge is 2.29. The fourth-order valence-electron chi connectivity index (χ4n) is 2.71. The third-order valence-corrected chi connectivity index (χ3v) is 4.19. The van der Waals surface area contributed by atoms with Gasteiger partial charge in [0.25, 0.3) is 11.8 Å². The fraction of sp³-hybridized carbons (Fsp3) is 0.316. The SMILES string of the molecule is CCOC(=O)c1c(C)oc(NC(=O)C[NH2+][C@@H](C)c2ccc(F)c(F)c2)c1C(N)=O. The van der Waals surface area contributed by atoms with Gasteiger partial charge in [-0.3, -0.25) is 14.9 Å². The number of amides is 2. The second kappa shape index (κ2) is 9.28. The van der Waals surface area contributed by atoms with E-state index in [0.29, 0.717) is 5.56 Å². The summed E-state index contributed by atoms with van der Waals surface area (Å²) in [7, 11) is 0. The number of nitrogens with two attached hydrogens (primary N) is 2. The van der Waals surface area contributed by atoms with Crippen molar-refractivity contribution in [2.45, 2.75) is 26.8 Å². The van der Waals surface area contributed by atoms with Gasteiger partial charge in [-0.2, -0.15) is 0 Å². The standard InChI is InChI=1S/C19H21F2N3O5/c1-4-28-19(27)15-10(3)29-18(16(15)17(22)26)24-14(25)8-23-9(2)11-5-6-12(20)13(21)7-11/h5-7,9,23H,4,8H2,1-3H3,(H2,22,26)(H,24,25)/p+1/t9-/m0/s1. The van der Waals surface area contributed by atoms with Crippen LogP contribution in [0.4, 0.5) is 14.7 Å². The number of hydrogen-bond donors (Lipinski definition) is 3. The van der Waals surface area contributed by atoms with Gasteiger partial charge in [-0.15, -0.1) is 0 Å². The molecule has 1 aromatic heterocycles. The summed E-state index contributed by atoms with van der Waals surface area (Å²) in [6.45, 7) is 4.72. The molecule has 0 aliphatic carbocycles. The van der Waals surface area contributed by atoms with Crippen LogP contribution in [0.3, 0.4) is 0 Å². The van der Waals surface area contributed by atoms with Crippen molar-refractivity contribution in [2.75, 3.05) is 18.5 Å². The van der Waals surface area contributed by atoms with Gasteiger partial charge < -0.3 is 20.2 Å². The lowest BCUT2D eigenvalue weighted by atomic mass is 10.1. The molecule has 2 aromatic rings. The summed E-state index contributed by atoms with van der Waals surface area (Å²) in [6, 6.07) is 3.14. The van der Waals surface area contributed by atoms with Crippen LogP contribution in [0.2, 0.25) is 0 Å². The van der Waals surface area contributed by atoms with Crippen molar-refractivity contribution in [1.29, 1.82) is 0 Å². The predicted octanol–water partition coefficient (Wildman–Crippen LogP) is 1.40. The van der Waals surface area contributed by atoms with Crippen molar-refractivity contribution in [1.82, 2.24) is 0 Å². The van der Waals surface area contributed by atoms with Crippen molar-refractivity contribution in [3.8, 4) is 0 Å². The maximum atomic E-state index is 13.3. The van der Waals surface area contributed by atoms with Gasteiger partial charge in [-0.25, -0.2) is 13.6 Å². The zero-order chi connectivity index (χ0) is 21.7. The van der Waals surface area contributed by atoms with Crippen LogP contribution < -0.4 is 16.4 Å². The molecule has 29 heavy (non-hydrogen) atoms. The Morgan fingerprint density at radius 3 is 2.52 bits per heavy atom. The number of nitrogens with one attached hydrogen (secondary N) is 1. The zero-order valence-corrected chi connectivity index (χ0v) is 16.2. The first kappa shape index (κ1) is 22.0. The monoisotopic (exact) mass is 410 g/mol. The Labute approximate surface area is 165 Å². The van der Waals surface area contributed by atoms with Crippen molar-refractivity contribution >= 4 is 23.7 Å². The van der Waals surface area contributed by atoms with Gasteiger partial charge in [0.05, 0.1) is 6.61 Å². The third kappa shape index (κ3) is 5.17. The van der Waals surface area contributed by atoms with Crippen LogP contribution in [0.25, 0.3) is 0 Å². The molecule has 156 valence electrons. The largest absolute Gasteiger partial charge is 0.462 e. The molecule has 10 heteroatoms. The molecule has 1 atom stereocenters. The van der Waals surface area contributed by atoms with Crippen LogP contribution in [-0.4, -0.2) is 30.9 Å². The number of primary amides is 1.